The molecule has 6 N–H and O–H groups in total. The van der Waals surface area contributed by atoms with Crippen molar-refractivity contribution in [2.24, 2.45) is 11.5 Å². The van der Waals surface area contributed by atoms with Crippen LogP contribution in [-0.4, -0.2) is 184 Å². The maximum absolute atomic E-state index is 9.99. The molecule has 2 unspecified atom stereocenters. The van der Waals surface area contributed by atoms with Crippen LogP contribution in [0.4, 0.5) is 0 Å². The molecule has 15 heteroatoms. The van der Waals surface area contributed by atoms with E-state index in [-0.39, 0.29) is 161 Å². The molecule has 0 amide bonds. The minimum atomic E-state index is -2.83. The Morgan fingerprint density at radius 1 is 0.714 bits per heavy atom. The molecule has 0 fully saturated rings. The van der Waals surface area contributed by atoms with Crippen molar-refractivity contribution in [1.82, 2.24) is 0 Å². The summed E-state index contributed by atoms with van der Waals surface area (Å²) in [5.74, 6) is 0. The first-order valence-electron chi connectivity index (χ1n) is 4.66. The summed E-state index contributed by atoms with van der Waals surface area (Å²) in [6, 6.07) is 0. The summed E-state index contributed by atoms with van der Waals surface area (Å²) in [7, 11) is -5.67. The van der Waals surface area contributed by atoms with Crippen LogP contribution in [0.5, 0.6) is 0 Å². The second kappa shape index (κ2) is 40.0. The van der Waals surface area contributed by atoms with Gasteiger partial charge in [-0.1, -0.05) is 0 Å². The molecule has 0 saturated heterocycles. The van der Waals surface area contributed by atoms with E-state index in [0.29, 0.717) is 25.9 Å². The van der Waals surface area contributed by atoms with Crippen molar-refractivity contribution in [3.05, 3.63) is 0 Å². The molecular formula is C6H25N2Na5O6P2. The van der Waals surface area contributed by atoms with Gasteiger partial charge < -0.3 is 30.3 Å². The van der Waals surface area contributed by atoms with Crippen LogP contribution in [0.25, 0.3) is 0 Å². The average molecular weight is 398 g/mol. The van der Waals surface area contributed by atoms with Gasteiger partial charge in [-0.05, 0) is 12.8 Å². The maximum atomic E-state index is 9.99. The molecule has 0 aromatic heterocycles. The standard InChI is InChI=1S/C4H12O6P2.C2H8N2.5Na.5H/c5-11(6)9-3-1-2-4-10-12(7)8;3-1-2-4;;;;;;;;;;/h11-12H,1-4H2,(H,5,6)(H,7,8);1-4H2;;;;;;;;;;. The molecule has 21 heavy (non-hydrogen) atoms. The van der Waals surface area contributed by atoms with Gasteiger partial charge in [0.15, 0.2) is 0 Å². The van der Waals surface area contributed by atoms with Crippen LogP contribution in [0, 0.1) is 0 Å². The summed E-state index contributed by atoms with van der Waals surface area (Å²) >= 11 is 0. The SMILES string of the molecule is NCCN.O=[PH](O)OCCCCO[PH](=O)O.[NaH].[NaH].[NaH].[NaH].[NaH]. The van der Waals surface area contributed by atoms with Gasteiger partial charge in [0.2, 0.25) is 0 Å². The molecule has 0 rings (SSSR count). The topological polar surface area (TPSA) is 145 Å². The second-order valence-corrected chi connectivity index (χ2v) is 4.15. The van der Waals surface area contributed by atoms with Gasteiger partial charge in [-0.3, -0.25) is 9.13 Å². The summed E-state index contributed by atoms with van der Waals surface area (Å²) in [5.41, 5.74) is 9.81. The predicted molar refractivity (Wildman–Crippen MR) is 97.4 cm³/mol. The normalized spacial score (nSPS) is 10.5. The van der Waals surface area contributed by atoms with Gasteiger partial charge in [-0.15, -0.1) is 0 Å². The van der Waals surface area contributed by atoms with Gasteiger partial charge in [-0.25, -0.2) is 0 Å². The van der Waals surface area contributed by atoms with Crippen LogP contribution < -0.4 is 11.5 Å². The number of hydrogen-bond donors (Lipinski definition) is 4. The molecule has 0 aliphatic heterocycles. The Bertz CT molecular complexity index is 190. The predicted octanol–water partition coefficient (Wildman–Crippen LogP) is -3.77. The summed E-state index contributed by atoms with van der Waals surface area (Å²) in [6.45, 7) is 1.54. The van der Waals surface area contributed by atoms with Crippen molar-refractivity contribution in [3.8, 4) is 0 Å². The Morgan fingerprint density at radius 2 is 0.952 bits per heavy atom. The van der Waals surface area contributed by atoms with E-state index in [2.05, 4.69) is 9.05 Å². The molecule has 0 bridgehead atoms. The fourth-order valence-electron chi connectivity index (χ4n) is 0.523. The number of rotatable bonds is 8. The van der Waals surface area contributed by atoms with E-state index in [0.717, 1.165) is 0 Å². The Kier molecular flexibility index (Phi) is 86.1. The van der Waals surface area contributed by atoms with E-state index < -0.39 is 16.5 Å². The summed E-state index contributed by atoms with van der Waals surface area (Å²) in [4.78, 5) is 16.4. The first kappa shape index (κ1) is 45.1. The zero-order chi connectivity index (χ0) is 12.8. The van der Waals surface area contributed by atoms with Gasteiger partial charge in [0.05, 0.1) is 13.2 Å². The molecule has 0 spiro atoms. The number of unbranched alkanes of at least 4 members (excludes halogenated alkanes) is 1. The molecular weight excluding hydrogens is 373 g/mol. The second-order valence-electron chi connectivity index (χ2n) is 2.51. The molecule has 0 aromatic rings. The van der Waals surface area contributed by atoms with Gasteiger partial charge in [0.1, 0.15) is 0 Å². The van der Waals surface area contributed by atoms with E-state index in [9.17, 15) is 9.13 Å². The van der Waals surface area contributed by atoms with Crippen LogP contribution >= 0.6 is 16.5 Å². The van der Waals surface area contributed by atoms with Crippen molar-refractivity contribution in [3.63, 3.8) is 0 Å². The fraction of sp³-hybridized carbons (Fsp3) is 1.00. The number of nitrogens with two attached hydrogens (primary N) is 2. The Hall–Kier alpha value is 5.22. The minimum absolute atomic E-state index is 0. The molecule has 2 atom stereocenters. The third kappa shape index (κ3) is 58.7. The Balaban J connectivity index is -0.0000000392. The molecule has 0 aliphatic rings. The van der Waals surface area contributed by atoms with Crippen LogP contribution in [0.1, 0.15) is 12.8 Å². The third-order valence-electron chi connectivity index (χ3n) is 1.16. The van der Waals surface area contributed by atoms with Crippen molar-refractivity contribution in [2.45, 2.75) is 12.8 Å². The summed E-state index contributed by atoms with van der Waals surface area (Å²) < 4.78 is 28.7. The van der Waals surface area contributed by atoms with Gasteiger partial charge in [0, 0.05) is 13.1 Å². The molecule has 0 radical (unpaired) electrons. The summed E-state index contributed by atoms with van der Waals surface area (Å²) in [5, 5.41) is 0. The first-order valence-corrected chi connectivity index (χ1v) is 7.18. The molecule has 0 heterocycles. The fourth-order valence-corrected chi connectivity index (χ4v) is 1.16. The Morgan fingerprint density at radius 3 is 1.10 bits per heavy atom. The zero-order valence-corrected chi connectivity index (χ0v) is 10.9. The molecule has 110 valence electrons. The van der Waals surface area contributed by atoms with Gasteiger partial charge >= 0.3 is 164 Å². The first-order chi connectivity index (χ1) is 7.54. The van der Waals surface area contributed by atoms with E-state index in [1.165, 1.54) is 0 Å². The van der Waals surface area contributed by atoms with E-state index in [1.54, 1.807) is 0 Å². The quantitative estimate of drug-likeness (QED) is 0.185. The summed E-state index contributed by atoms with van der Waals surface area (Å²) in [6.07, 6.45) is 1.07. The molecule has 8 nitrogen and oxygen atoms in total. The van der Waals surface area contributed by atoms with Crippen LogP contribution in [0.15, 0.2) is 0 Å². The van der Waals surface area contributed by atoms with E-state index in [1.807, 2.05) is 0 Å². The number of hydrogen-bond acceptors (Lipinski definition) is 6. The molecule has 0 aromatic carbocycles. The van der Waals surface area contributed by atoms with Gasteiger partial charge in [-0.2, -0.15) is 0 Å². The van der Waals surface area contributed by atoms with Crippen molar-refractivity contribution in [2.75, 3.05) is 26.3 Å². The molecule has 0 aliphatic carbocycles. The van der Waals surface area contributed by atoms with Crippen LogP contribution in [-0.2, 0) is 18.2 Å². The average Bonchev–Trinajstić information content (AvgIpc) is 2.23. The molecule has 0 saturated carbocycles. The van der Waals surface area contributed by atoms with Crippen molar-refractivity contribution >= 4 is 164 Å². The van der Waals surface area contributed by atoms with E-state index in [4.69, 9.17) is 21.3 Å². The third-order valence-corrected chi connectivity index (χ3v) is 2.06. The van der Waals surface area contributed by atoms with Crippen molar-refractivity contribution in [1.29, 1.82) is 0 Å². The van der Waals surface area contributed by atoms with Crippen LogP contribution in [0.2, 0.25) is 0 Å². The zero-order valence-electron chi connectivity index (χ0n) is 8.92. The van der Waals surface area contributed by atoms with Gasteiger partial charge in [0.25, 0.3) is 0 Å². The van der Waals surface area contributed by atoms with Crippen LogP contribution in [0.3, 0.4) is 0 Å². The Labute approximate surface area is 238 Å². The van der Waals surface area contributed by atoms with Crippen molar-refractivity contribution < 1.29 is 28.0 Å². The monoisotopic (exact) mass is 398 g/mol. The van der Waals surface area contributed by atoms with E-state index >= 15 is 0 Å².